The van der Waals surface area contributed by atoms with E-state index in [4.69, 9.17) is 15.6 Å². The van der Waals surface area contributed by atoms with Crippen molar-refractivity contribution in [3.8, 4) is 0 Å². The summed E-state index contributed by atoms with van der Waals surface area (Å²) < 4.78 is 21.3. The third-order valence-electron chi connectivity index (χ3n) is 2.73. The van der Waals surface area contributed by atoms with Crippen LogP contribution in [0.3, 0.4) is 0 Å². The van der Waals surface area contributed by atoms with Crippen LogP contribution in [-0.4, -0.2) is 49.7 Å². The quantitative estimate of drug-likeness (QED) is 0.490. The number of hydrogen-bond acceptors (Lipinski definition) is 5. The highest BCUT2D eigenvalue weighted by molar-refractivity contribution is 14.1. The van der Waals surface area contributed by atoms with E-state index in [0.29, 0.717) is 0 Å². The molecular weight excluding hydrogens is 417 g/mol. The Morgan fingerprint density at radius 1 is 1.50 bits per heavy atom. The predicted molar refractivity (Wildman–Crippen MR) is 65.9 cm³/mol. The summed E-state index contributed by atoms with van der Waals surface area (Å²) in [6, 6.07) is -0.0790. The van der Waals surface area contributed by atoms with Crippen LogP contribution < -0.4 is 0 Å². The molecule has 0 aromatic heterocycles. The van der Waals surface area contributed by atoms with Crippen molar-refractivity contribution in [2.24, 2.45) is 0 Å². The molecule has 5 atom stereocenters. The summed E-state index contributed by atoms with van der Waals surface area (Å²) in [7, 11) is 1.90. The average Bonchev–Trinajstić information content (AvgIpc) is 2.54. The Bertz CT molecular complexity index is 232. The standard InChI is InChI=1S/C6H9BI2O5/c7-4-2-3(14-9)6(13-4,1-11-8)5(10)12-2/h2-5,10H,1,7H2. The molecule has 0 aromatic carbocycles. The lowest BCUT2D eigenvalue weighted by Crippen LogP contribution is -2.51. The summed E-state index contributed by atoms with van der Waals surface area (Å²) in [5, 5.41) is 9.71. The first-order chi connectivity index (χ1) is 6.65. The molecule has 0 aliphatic carbocycles. The van der Waals surface area contributed by atoms with E-state index in [1.807, 2.05) is 7.85 Å². The number of hydrogen-bond donors (Lipinski definition) is 1. The summed E-state index contributed by atoms with van der Waals surface area (Å²) in [5.41, 5.74) is -0.869. The van der Waals surface area contributed by atoms with Crippen LogP contribution in [0.15, 0.2) is 0 Å². The van der Waals surface area contributed by atoms with E-state index < -0.39 is 11.9 Å². The zero-order valence-electron chi connectivity index (χ0n) is 7.35. The largest absolute Gasteiger partial charge is 0.367 e. The molecule has 0 spiro atoms. The van der Waals surface area contributed by atoms with Crippen molar-refractivity contribution in [2.45, 2.75) is 30.1 Å². The summed E-state index contributed by atoms with van der Waals surface area (Å²) >= 11 is 3.57. The van der Waals surface area contributed by atoms with E-state index in [2.05, 4.69) is 0 Å². The van der Waals surface area contributed by atoms with Crippen molar-refractivity contribution in [1.29, 1.82) is 0 Å². The average molecular weight is 426 g/mol. The van der Waals surface area contributed by atoms with Gasteiger partial charge in [-0.3, -0.25) is 0 Å². The normalized spacial score (nSPS) is 51.4. The van der Waals surface area contributed by atoms with Gasteiger partial charge in [0.05, 0.1) is 12.6 Å². The molecule has 2 fully saturated rings. The SMILES string of the molecule is BC1OC2(COI)C(O)OC1C2OI. The molecule has 2 saturated heterocycles. The maximum atomic E-state index is 9.71. The van der Waals surface area contributed by atoms with E-state index in [-0.39, 0.29) is 24.8 Å². The molecule has 5 nitrogen and oxygen atoms in total. The van der Waals surface area contributed by atoms with Crippen molar-refractivity contribution in [3.05, 3.63) is 0 Å². The first kappa shape index (κ1) is 11.8. The Balaban J connectivity index is 2.25. The highest BCUT2D eigenvalue weighted by Crippen LogP contribution is 2.45. The first-order valence-electron chi connectivity index (χ1n) is 4.18. The van der Waals surface area contributed by atoms with Gasteiger partial charge in [0.15, 0.2) is 11.9 Å². The summed E-state index contributed by atoms with van der Waals surface area (Å²) in [5.74, 6) is 0. The molecule has 0 radical (unpaired) electrons. The van der Waals surface area contributed by atoms with E-state index in [0.717, 1.165) is 0 Å². The lowest BCUT2D eigenvalue weighted by molar-refractivity contribution is -0.247. The zero-order valence-corrected chi connectivity index (χ0v) is 11.7. The fraction of sp³-hybridized carbons (Fsp3) is 1.00. The molecule has 80 valence electrons. The van der Waals surface area contributed by atoms with Gasteiger partial charge in [-0.15, -0.1) is 0 Å². The first-order valence-corrected chi connectivity index (χ1v) is 5.94. The van der Waals surface area contributed by atoms with Crippen molar-refractivity contribution in [2.75, 3.05) is 6.61 Å². The second-order valence-electron chi connectivity index (χ2n) is 3.49. The Morgan fingerprint density at radius 3 is 2.79 bits per heavy atom. The zero-order chi connectivity index (χ0) is 10.3. The van der Waals surface area contributed by atoms with Gasteiger partial charge >= 0.3 is 0 Å². The summed E-state index contributed by atoms with van der Waals surface area (Å²) in [4.78, 5) is 0. The molecule has 1 N–H and O–H groups in total. The van der Waals surface area contributed by atoms with Gasteiger partial charge in [0.2, 0.25) is 0 Å². The van der Waals surface area contributed by atoms with Gasteiger partial charge in [-0.1, -0.05) is 0 Å². The van der Waals surface area contributed by atoms with Crippen LogP contribution in [0.25, 0.3) is 0 Å². The monoisotopic (exact) mass is 426 g/mol. The summed E-state index contributed by atoms with van der Waals surface area (Å²) in [6.45, 7) is 0.253. The molecule has 14 heavy (non-hydrogen) atoms. The van der Waals surface area contributed by atoms with E-state index in [1.54, 1.807) is 46.0 Å². The number of rotatable bonds is 3. The maximum absolute atomic E-state index is 9.71. The number of halogens is 2. The smallest absolute Gasteiger partial charge is 0.189 e. The topological polar surface area (TPSA) is 57.2 Å². The van der Waals surface area contributed by atoms with Crippen molar-refractivity contribution in [3.63, 3.8) is 0 Å². The third-order valence-corrected chi connectivity index (χ3v) is 3.59. The molecule has 0 aromatic rings. The van der Waals surface area contributed by atoms with Gasteiger partial charge in [-0.05, 0) is 0 Å². The number of fused-ring (bicyclic) bond motifs is 2. The van der Waals surface area contributed by atoms with Gasteiger partial charge in [0.25, 0.3) is 0 Å². The Labute approximate surface area is 111 Å². The number of aliphatic hydroxyl groups is 1. The Morgan fingerprint density at radius 2 is 2.21 bits per heavy atom. The molecule has 2 aliphatic heterocycles. The lowest BCUT2D eigenvalue weighted by Gasteiger charge is -2.32. The second kappa shape index (κ2) is 4.30. The Kier molecular flexibility index (Phi) is 3.62. The lowest BCUT2D eigenvalue weighted by atomic mass is 9.92. The van der Waals surface area contributed by atoms with Gasteiger partial charge < -0.3 is 20.7 Å². The second-order valence-corrected chi connectivity index (χ2v) is 4.63. The van der Waals surface area contributed by atoms with E-state index in [1.165, 1.54) is 0 Å². The van der Waals surface area contributed by atoms with Crippen LogP contribution in [0.2, 0.25) is 0 Å². The van der Waals surface area contributed by atoms with E-state index >= 15 is 0 Å². The highest BCUT2D eigenvalue weighted by Gasteiger charge is 2.66. The van der Waals surface area contributed by atoms with Crippen LogP contribution in [0, 0.1) is 0 Å². The van der Waals surface area contributed by atoms with Gasteiger partial charge in [-0.25, -0.2) is 0 Å². The van der Waals surface area contributed by atoms with Gasteiger partial charge in [0.1, 0.15) is 66.1 Å². The van der Waals surface area contributed by atoms with Crippen LogP contribution in [0.5, 0.6) is 0 Å². The minimum absolute atomic E-state index is 0.0790. The number of aliphatic hydroxyl groups excluding tert-OH is 1. The minimum atomic E-state index is -0.974. The highest BCUT2D eigenvalue weighted by atomic mass is 127. The van der Waals surface area contributed by atoms with Crippen LogP contribution in [-0.2, 0) is 15.6 Å². The van der Waals surface area contributed by atoms with Crippen molar-refractivity contribution >= 4 is 53.9 Å². The van der Waals surface area contributed by atoms with Crippen LogP contribution >= 0.6 is 46.0 Å². The maximum Gasteiger partial charge on any atom is 0.189 e. The van der Waals surface area contributed by atoms with E-state index in [9.17, 15) is 5.11 Å². The number of ether oxygens (including phenoxy) is 2. The third kappa shape index (κ3) is 1.53. The van der Waals surface area contributed by atoms with Crippen molar-refractivity contribution < 1.29 is 20.7 Å². The minimum Gasteiger partial charge on any atom is -0.367 e. The fourth-order valence-electron chi connectivity index (χ4n) is 2.05. The molecule has 2 aliphatic rings. The molecule has 8 heteroatoms. The molecule has 2 rings (SSSR count). The van der Waals surface area contributed by atoms with Crippen molar-refractivity contribution in [1.82, 2.24) is 0 Å². The molecule has 0 saturated carbocycles. The predicted octanol–water partition coefficient (Wildman–Crippen LogP) is -0.466. The molecule has 0 amide bonds. The summed E-state index contributed by atoms with van der Waals surface area (Å²) in [6.07, 6.45) is -1.46. The van der Waals surface area contributed by atoms with Crippen LogP contribution in [0.4, 0.5) is 0 Å². The molecular formula is C6H9BI2O5. The molecule has 2 heterocycles. The molecule has 5 unspecified atom stereocenters. The van der Waals surface area contributed by atoms with Gasteiger partial charge in [-0.2, -0.15) is 0 Å². The Hall–Kier alpha value is 1.32. The van der Waals surface area contributed by atoms with Crippen LogP contribution in [0.1, 0.15) is 0 Å². The molecule has 2 bridgehead atoms. The fourth-order valence-corrected chi connectivity index (χ4v) is 3.25. The van der Waals surface area contributed by atoms with Gasteiger partial charge in [0, 0.05) is 0 Å².